The summed E-state index contributed by atoms with van der Waals surface area (Å²) in [6.45, 7) is 16.1. The Balaban J connectivity index is 5.09. The number of carbonyl (C=O) groups is 1. The molecule has 17 heavy (non-hydrogen) atoms. The Hall–Kier alpha value is -0.570. The molecule has 3 nitrogen and oxygen atoms in total. The van der Waals surface area contributed by atoms with Crippen molar-refractivity contribution in [3.8, 4) is 0 Å². The molecule has 2 N–H and O–H groups in total. The van der Waals surface area contributed by atoms with Crippen LogP contribution in [-0.4, -0.2) is 29.4 Å². The standard InChI is InChI=1S/C14H30N2O/c1-10(12(2,3)4)16(9)11(17)13(5,6)14(7,8)15/h10H,15H2,1-9H3. The van der Waals surface area contributed by atoms with Crippen LogP contribution in [0.25, 0.3) is 0 Å². The molecule has 0 rings (SSSR count). The predicted octanol–water partition coefficient (Wildman–Crippen LogP) is 2.64. The van der Waals surface area contributed by atoms with Crippen LogP contribution in [0.5, 0.6) is 0 Å². The number of amides is 1. The first-order valence-electron chi connectivity index (χ1n) is 6.29. The van der Waals surface area contributed by atoms with E-state index in [0.29, 0.717) is 0 Å². The summed E-state index contributed by atoms with van der Waals surface area (Å²) >= 11 is 0. The Morgan fingerprint density at radius 2 is 1.41 bits per heavy atom. The number of hydrogen-bond donors (Lipinski definition) is 1. The minimum absolute atomic E-state index is 0.0687. The average molecular weight is 242 g/mol. The summed E-state index contributed by atoms with van der Waals surface area (Å²) in [7, 11) is 1.87. The van der Waals surface area contributed by atoms with Gasteiger partial charge in [0.25, 0.3) is 0 Å². The summed E-state index contributed by atoms with van der Waals surface area (Å²) in [5.74, 6) is 0.104. The summed E-state index contributed by atoms with van der Waals surface area (Å²) in [6.07, 6.45) is 0. The Morgan fingerprint density at radius 1 is 1.06 bits per heavy atom. The van der Waals surface area contributed by atoms with Gasteiger partial charge in [0.05, 0.1) is 5.41 Å². The molecule has 0 bridgehead atoms. The van der Waals surface area contributed by atoms with Gasteiger partial charge in [-0.3, -0.25) is 4.79 Å². The topological polar surface area (TPSA) is 46.3 Å². The second-order valence-electron chi connectivity index (χ2n) is 7.30. The van der Waals surface area contributed by atoms with E-state index in [2.05, 4.69) is 27.7 Å². The van der Waals surface area contributed by atoms with Crippen LogP contribution >= 0.6 is 0 Å². The fourth-order valence-corrected chi connectivity index (χ4v) is 1.47. The van der Waals surface area contributed by atoms with Gasteiger partial charge in [0.2, 0.25) is 5.91 Å². The van der Waals surface area contributed by atoms with Gasteiger partial charge in [-0.1, -0.05) is 20.8 Å². The number of carbonyl (C=O) groups excluding carboxylic acids is 1. The highest BCUT2D eigenvalue weighted by Crippen LogP contribution is 2.33. The summed E-state index contributed by atoms with van der Waals surface area (Å²) in [5.41, 5.74) is 5.08. The van der Waals surface area contributed by atoms with Crippen LogP contribution in [0.2, 0.25) is 0 Å². The van der Waals surface area contributed by atoms with Crippen molar-refractivity contribution < 1.29 is 4.79 Å². The van der Waals surface area contributed by atoms with Gasteiger partial charge >= 0.3 is 0 Å². The van der Waals surface area contributed by atoms with Crippen LogP contribution in [0, 0.1) is 10.8 Å². The highest BCUT2D eigenvalue weighted by Gasteiger charge is 2.43. The van der Waals surface area contributed by atoms with Crippen LogP contribution in [0.1, 0.15) is 55.4 Å². The molecule has 0 aliphatic rings. The monoisotopic (exact) mass is 242 g/mol. The summed E-state index contributed by atoms with van der Waals surface area (Å²) < 4.78 is 0. The molecule has 0 saturated heterocycles. The van der Waals surface area contributed by atoms with Gasteiger partial charge in [-0.05, 0) is 40.0 Å². The lowest BCUT2D eigenvalue weighted by Gasteiger charge is -2.44. The second kappa shape index (κ2) is 4.60. The Bertz CT molecular complexity index is 282. The van der Waals surface area contributed by atoms with Crippen LogP contribution in [0.15, 0.2) is 0 Å². The first-order chi connectivity index (χ1) is 7.23. The molecule has 0 radical (unpaired) electrons. The smallest absolute Gasteiger partial charge is 0.230 e. The molecule has 0 aliphatic heterocycles. The second-order valence-corrected chi connectivity index (χ2v) is 7.30. The maximum atomic E-state index is 12.5. The highest BCUT2D eigenvalue weighted by atomic mass is 16.2. The highest BCUT2D eigenvalue weighted by molar-refractivity contribution is 5.83. The van der Waals surface area contributed by atoms with E-state index in [1.54, 1.807) is 0 Å². The first-order valence-corrected chi connectivity index (χ1v) is 6.29. The SMILES string of the molecule is CC(N(C)C(=O)C(C)(C)C(C)(C)N)C(C)(C)C. The maximum absolute atomic E-state index is 12.5. The van der Waals surface area contributed by atoms with E-state index < -0.39 is 11.0 Å². The maximum Gasteiger partial charge on any atom is 0.230 e. The van der Waals surface area contributed by atoms with Gasteiger partial charge in [0.15, 0.2) is 0 Å². The summed E-state index contributed by atoms with van der Waals surface area (Å²) in [6, 6.07) is 0.177. The molecule has 102 valence electrons. The molecule has 0 aromatic carbocycles. The molecule has 0 aromatic heterocycles. The van der Waals surface area contributed by atoms with Crippen molar-refractivity contribution in [1.29, 1.82) is 0 Å². The third-order valence-electron chi connectivity index (χ3n) is 4.30. The number of nitrogens with zero attached hydrogens (tertiary/aromatic N) is 1. The molecule has 0 fully saturated rings. The molecule has 0 spiro atoms. The Kier molecular flexibility index (Phi) is 4.45. The van der Waals surface area contributed by atoms with Crippen molar-refractivity contribution in [3.63, 3.8) is 0 Å². The van der Waals surface area contributed by atoms with Crippen LogP contribution in [-0.2, 0) is 4.79 Å². The zero-order valence-corrected chi connectivity index (χ0v) is 13.0. The van der Waals surface area contributed by atoms with Gasteiger partial charge < -0.3 is 10.6 Å². The zero-order valence-electron chi connectivity index (χ0n) is 13.0. The van der Waals surface area contributed by atoms with E-state index in [9.17, 15) is 4.79 Å². The minimum atomic E-state index is -0.568. The molecule has 1 amide bonds. The van der Waals surface area contributed by atoms with E-state index in [-0.39, 0.29) is 17.4 Å². The fraction of sp³-hybridized carbons (Fsp3) is 0.929. The average Bonchev–Trinajstić information content (AvgIpc) is 2.10. The lowest BCUT2D eigenvalue weighted by Crippen LogP contribution is -2.58. The summed E-state index contributed by atoms with van der Waals surface area (Å²) in [4.78, 5) is 14.4. The summed E-state index contributed by atoms with van der Waals surface area (Å²) in [5, 5.41) is 0. The molecule has 0 aliphatic carbocycles. The van der Waals surface area contributed by atoms with Crippen molar-refractivity contribution >= 4 is 5.91 Å². The molecule has 1 unspecified atom stereocenters. The van der Waals surface area contributed by atoms with Crippen molar-refractivity contribution in [2.24, 2.45) is 16.6 Å². The molecule has 0 heterocycles. The normalized spacial score (nSPS) is 15.6. The van der Waals surface area contributed by atoms with Gasteiger partial charge in [-0.25, -0.2) is 0 Å². The van der Waals surface area contributed by atoms with Crippen molar-refractivity contribution in [3.05, 3.63) is 0 Å². The minimum Gasteiger partial charge on any atom is -0.342 e. The van der Waals surface area contributed by atoms with E-state index in [1.165, 1.54) is 0 Å². The molecule has 0 aromatic rings. The van der Waals surface area contributed by atoms with Crippen molar-refractivity contribution in [2.45, 2.75) is 67.0 Å². The van der Waals surface area contributed by atoms with Gasteiger partial charge in [-0.15, -0.1) is 0 Å². The van der Waals surface area contributed by atoms with Crippen LogP contribution in [0.4, 0.5) is 0 Å². The zero-order chi connectivity index (χ0) is 14.2. The number of nitrogens with two attached hydrogens (primary N) is 1. The largest absolute Gasteiger partial charge is 0.342 e. The third kappa shape index (κ3) is 3.44. The molecule has 3 heteroatoms. The number of hydrogen-bond acceptors (Lipinski definition) is 2. The van der Waals surface area contributed by atoms with E-state index >= 15 is 0 Å². The van der Waals surface area contributed by atoms with Gasteiger partial charge in [0.1, 0.15) is 0 Å². The lowest BCUT2D eigenvalue weighted by molar-refractivity contribution is -0.146. The first kappa shape index (κ1) is 16.4. The van der Waals surface area contributed by atoms with Gasteiger partial charge in [-0.2, -0.15) is 0 Å². The van der Waals surface area contributed by atoms with Crippen LogP contribution < -0.4 is 5.73 Å². The molecular weight excluding hydrogens is 212 g/mol. The lowest BCUT2D eigenvalue weighted by atomic mass is 9.73. The molecular formula is C14H30N2O. The number of rotatable bonds is 3. The fourth-order valence-electron chi connectivity index (χ4n) is 1.47. The van der Waals surface area contributed by atoms with Crippen molar-refractivity contribution in [2.75, 3.05) is 7.05 Å². The predicted molar refractivity (Wildman–Crippen MR) is 73.7 cm³/mol. The van der Waals surface area contributed by atoms with E-state index in [4.69, 9.17) is 5.73 Å². The van der Waals surface area contributed by atoms with E-state index in [0.717, 1.165) is 0 Å². The third-order valence-corrected chi connectivity index (χ3v) is 4.30. The van der Waals surface area contributed by atoms with Crippen LogP contribution in [0.3, 0.4) is 0 Å². The molecule has 0 saturated carbocycles. The Labute approximate surface area is 107 Å². The van der Waals surface area contributed by atoms with E-state index in [1.807, 2.05) is 39.6 Å². The van der Waals surface area contributed by atoms with Crippen molar-refractivity contribution in [1.82, 2.24) is 4.90 Å². The Morgan fingerprint density at radius 3 is 1.65 bits per heavy atom. The van der Waals surface area contributed by atoms with Gasteiger partial charge in [0, 0.05) is 18.6 Å². The quantitative estimate of drug-likeness (QED) is 0.827. The molecule has 1 atom stereocenters.